The molecule has 0 radical (unpaired) electrons. The average molecular weight is 954 g/mol. The highest BCUT2D eigenvalue weighted by atomic mass is 32.2. The van der Waals surface area contributed by atoms with Crippen LogP contribution in [0.3, 0.4) is 0 Å². The van der Waals surface area contributed by atoms with Gasteiger partial charge in [0, 0.05) is 38.5 Å². The Morgan fingerprint density at radius 3 is 1.41 bits per heavy atom. The molecule has 7 aromatic carbocycles. The van der Waals surface area contributed by atoms with Gasteiger partial charge in [-0.1, -0.05) is 195 Å². The number of amides is 1. The fraction of sp³-hybridized carbons (Fsp3) is 0.295. The normalized spacial score (nSPS) is 12.9. The first-order valence-corrected chi connectivity index (χ1v) is 26.6. The van der Waals surface area contributed by atoms with Gasteiger partial charge in [-0.2, -0.15) is 0 Å². The summed E-state index contributed by atoms with van der Waals surface area (Å²) < 4.78 is 10.3. The zero-order valence-electron chi connectivity index (χ0n) is 40.3. The summed E-state index contributed by atoms with van der Waals surface area (Å²) in [4.78, 5) is 19.2. The first kappa shape index (κ1) is 49.6. The topological polar surface area (TPSA) is 54.0 Å². The zero-order chi connectivity index (χ0) is 47.6. The van der Waals surface area contributed by atoms with E-state index in [0.29, 0.717) is 12.3 Å². The van der Waals surface area contributed by atoms with Gasteiger partial charge in [0.1, 0.15) is 0 Å². The fourth-order valence-corrected chi connectivity index (χ4v) is 12.9. The van der Waals surface area contributed by atoms with Gasteiger partial charge >= 0.3 is 0 Å². The van der Waals surface area contributed by atoms with Gasteiger partial charge in [0.05, 0.1) is 29.5 Å². The number of nitrogens with one attached hydrogen (secondary N) is 1. The van der Waals surface area contributed by atoms with Crippen molar-refractivity contribution in [2.45, 2.75) is 48.1 Å². The maximum absolute atomic E-state index is 14.0. The van der Waals surface area contributed by atoms with Crippen molar-refractivity contribution in [3.05, 3.63) is 239 Å². The SMILES string of the molecule is COc1cc2c(cc1OC)CN(CCCCCCN(CCNC(=O)CSC(c1ccccc1)(c1ccccc1)c1ccccc1)CCSC(c1ccccc1)(c1ccccc1)c1ccccc1)CC2. The Hall–Kier alpha value is -5.77. The van der Waals surface area contributed by atoms with Crippen molar-refractivity contribution in [3.63, 3.8) is 0 Å². The van der Waals surface area contributed by atoms with E-state index >= 15 is 0 Å². The van der Waals surface area contributed by atoms with Crippen LogP contribution in [0, 0.1) is 0 Å². The molecule has 0 atom stereocenters. The average Bonchev–Trinajstić information content (AvgIpc) is 3.42. The molecule has 0 spiro atoms. The summed E-state index contributed by atoms with van der Waals surface area (Å²) in [5.74, 6) is 2.92. The minimum absolute atomic E-state index is 0.0515. The lowest BCUT2D eigenvalue weighted by Gasteiger charge is -2.36. The van der Waals surface area contributed by atoms with Crippen molar-refractivity contribution in [1.82, 2.24) is 15.1 Å². The lowest BCUT2D eigenvalue weighted by molar-refractivity contribution is -0.118. The summed E-state index contributed by atoms with van der Waals surface area (Å²) in [5.41, 5.74) is 10.0. The third kappa shape index (κ3) is 12.3. The minimum atomic E-state index is -0.548. The molecule has 0 saturated carbocycles. The number of hydrogen-bond donors (Lipinski definition) is 1. The molecule has 8 heteroatoms. The number of carbonyl (C=O) groups is 1. The van der Waals surface area contributed by atoms with Crippen LogP contribution in [0.15, 0.2) is 194 Å². The van der Waals surface area contributed by atoms with E-state index in [1.807, 2.05) is 11.8 Å². The molecule has 0 fully saturated rings. The van der Waals surface area contributed by atoms with Crippen LogP contribution in [0.25, 0.3) is 0 Å². The molecule has 1 heterocycles. The maximum atomic E-state index is 14.0. The Balaban J connectivity index is 0.932. The van der Waals surface area contributed by atoms with E-state index in [-0.39, 0.29) is 10.7 Å². The number of fused-ring (bicyclic) bond motifs is 1. The number of benzene rings is 7. The van der Waals surface area contributed by atoms with Crippen LogP contribution >= 0.6 is 23.5 Å². The van der Waals surface area contributed by atoms with Gasteiger partial charge < -0.3 is 19.7 Å². The van der Waals surface area contributed by atoms with Crippen molar-refractivity contribution in [2.75, 3.05) is 65.0 Å². The van der Waals surface area contributed by atoms with E-state index in [0.717, 1.165) is 86.1 Å². The summed E-state index contributed by atoms with van der Waals surface area (Å²) >= 11 is 3.70. The molecular formula is C61H67N3O3S2. The maximum Gasteiger partial charge on any atom is 0.230 e. The number of nitrogens with zero attached hydrogens (tertiary/aromatic N) is 2. The largest absolute Gasteiger partial charge is 0.493 e. The summed E-state index contributed by atoms with van der Waals surface area (Å²) in [6, 6.07) is 69.1. The zero-order valence-corrected chi connectivity index (χ0v) is 41.9. The van der Waals surface area contributed by atoms with Crippen LogP contribution in [-0.4, -0.2) is 80.7 Å². The van der Waals surface area contributed by atoms with Gasteiger partial charge in [-0.05, 0) is 89.0 Å². The predicted molar refractivity (Wildman–Crippen MR) is 290 cm³/mol. The van der Waals surface area contributed by atoms with E-state index in [1.54, 1.807) is 26.0 Å². The molecule has 1 amide bonds. The fourth-order valence-electron chi connectivity index (χ4n) is 9.94. The van der Waals surface area contributed by atoms with E-state index in [1.165, 1.54) is 47.1 Å². The standard InChI is InChI=1S/C61H67N3O3S2/c1-66-57-45-49-37-41-64(47-50(49)46-58(57)67-2)40-24-4-3-23-39-63(43-44-68-60(51-25-11-5-12-26-51,52-27-13-6-14-28-52)53-29-15-7-16-30-53)42-38-62-59(65)48-69-61(54-31-17-8-18-32-54,55-33-19-9-20-34-55)56-35-21-10-22-36-56/h5-22,25-36,45-46H,3-4,23-24,37-44,47-48H2,1-2H3,(H,62,65). The molecule has 1 N–H and O–H groups in total. The highest BCUT2D eigenvalue weighted by Crippen LogP contribution is 2.49. The molecule has 69 heavy (non-hydrogen) atoms. The number of unbranched alkanes of at least 4 members (excludes halogenated alkanes) is 3. The molecule has 0 bridgehead atoms. The number of methoxy groups -OCH3 is 2. The first-order valence-electron chi connectivity index (χ1n) is 24.6. The molecule has 0 aliphatic carbocycles. The molecule has 8 rings (SSSR count). The Morgan fingerprint density at radius 1 is 0.536 bits per heavy atom. The minimum Gasteiger partial charge on any atom is -0.493 e. The van der Waals surface area contributed by atoms with Crippen LogP contribution in [0.4, 0.5) is 0 Å². The molecule has 0 unspecified atom stereocenters. The monoisotopic (exact) mass is 953 g/mol. The number of ether oxygens (including phenoxy) is 2. The quantitative estimate of drug-likeness (QED) is 0.0452. The molecule has 356 valence electrons. The van der Waals surface area contributed by atoms with Gasteiger partial charge in [-0.15, -0.1) is 23.5 Å². The number of thioether (sulfide) groups is 2. The molecule has 7 aromatic rings. The Bertz CT molecular complexity index is 2410. The number of rotatable bonds is 25. The molecular weight excluding hydrogens is 887 g/mol. The molecule has 0 saturated heterocycles. The van der Waals surface area contributed by atoms with E-state index in [9.17, 15) is 4.79 Å². The Morgan fingerprint density at radius 2 is 0.957 bits per heavy atom. The number of hydrogen-bond acceptors (Lipinski definition) is 7. The van der Waals surface area contributed by atoms with Crippen LogP contribution in [0.1, 0.15) is 70.2 Å². The second-order valence-electron chi connectivity index (χ2n) is 17.8. The van der Waals surface area contributed by atoms with Gasteiger partial charge in [-0.25, -0.2) is 0 Å². The van der Waals surface area contributed by atoms with Gasteiger partial charge in [0.15, 0.2) is 11.5 Å². The van der Waals surface area contributed by atoms with Crippen LogP contribution in [0.5, 0.6) is 11.5 Å². The van der Waals surface area contributed by atoms with Crippen molar-refractivity contribution >= 4 is 29.4 Å². The second kappa shape index (κ2) is 25.2. The summed E-state index contributed by atoms with van der Waals surface area (Å²) in [6.07, 6.45) is 5.69. The van der Waals surface area contributed by atoms with E-state index in [4.69, 9.17) is 9.47 Å². The van der Waals surface area contributed by atoms with Crippen molar-refractivity contribution in [2.24, 2.45) is 0 Å². The van der Waals surface area contributed by atoms with Crippen molar-refractivity contribution in [3.8, 4) is 11.5 Å². The van der Waals surface area contributed by atoms with Crippen LogP contribution < -0.4 is 14.8 Å². The Labute approximate surface area is 419 Å². The second-order valence-corrected chi connectivity index (χ2v) is 20.3. The summed E-state index contributed by atoms with van der Waals surface area (Å²) in [7, 11) is 3.42. The van der Waals surface area contributed by atoms with Crippen molar-refractivity contribution in [1.29, 1.82) is 0 Å². The summed E-state index contributed by atoms with van der Waals surface area (Å²) in [5, 5.41) is 3.36. The van der Waals surface area contributed by atoms with E-state index < -0.39 is 4.75 Å². The Kier molecular flexibility index (Phi) is 18.1. The van der Waals surface area contributed by atoms with Gasteiger partial charge in [-0.3, -0.25) is 9.69 Å². The molecule has 1 aliphatic rings. The predicted octanol–water partition coefficient (Wildman–Crippen LogP) is 12.5. The summed E-state index contributed by atoms with van der Waals surface area (Å²) in [6.45, 7) is 6.39. The van der Waals surface area contributed by atoms with Crippen LogP contribution in [0.2, 0.25) is 0 Å². The third-order valence-corrected chi connectivity index (χ3v) is 16.5. The highest BCUT2D eigenvalue weighted by Gasteiger charge is 2.38. The lowest BCUT2D eigenvalue weighted by atomic mass is 9.84. The van der Waals surface area contributed by atoms with Gasteiger partial charge in [0.2, 0.25) is 5.91 Å². The highest BCUT2D eigenvalue weighted by molar-refractivity contribution is 8.01. The smallest absolute Gasteiger partial charge is 0.230 e. The van der Waals surface area contributed by atoms with Crippen molar-refractivity contribution < 1.29 is 14.3 Å². The van der Waals surface area contributed by atoms with Crippen LogP contribution in [-0.2, 0) is 27.3 Å². The molecule has 6 nitrogen and oxygen atoms in total. The number of carbonyl (C=O) groups excluding carboxylic acids is 1. The molecule has 0 aromatic heterocycles. The first-order chi connectivity index (χ1) is 34.0. The van der Waals surface area contributed by atoms with Gasteiger partial charge in [0.25, 0.3) is 0 Å². The van der Waals surface area contributed by atoms with E-state index in [2.05, 4.69) is 209 Å². The molecule has 1 aliphatic heterocycles. The third-order valence-electron chi connectivity index (χ3n) is 13.5. The lowest BCUT2D eigenvalue weighted by Crippen LogP contribution is -2.38.